The number of carbonyl (C=O) groups excluding carboxylic acids is 2. The van der Waals surface area contributed by atoms with Gasteiger partial charge < -0.3 is 9.47 Å². The molecule has 0 heterocycles. The monoisotopic (exact) mass is 454 g/mol. The van der Waals surface area contributed by atoms with Crippen molar-refractivity contribution in [1.82, 2.24) is 0 Å². The zero-order chi connectivity index (χ0) is 24.6. The molecule has 0 aliphatic carbocycles. The molecule has 0 atom stereocenters. The molecule has 0 fully saturated rings. The van der Waals surface area contributed by atoms with Crippen molar-refractivity contribution in [1.29, 1.82) is 0 Å². The average Bonchev–Trinajstić information content (AvgIpc) is 2.64. The minimum Gasteiger partial charge on any atom is -0.465 e. The molecule has 32 heavy (non-hydrogen) atoms. The summed E-state index contributed by atoms with van der Waals surface area (Å²) in [4.78, 5) is 23.9. The van der Waals surface area contributed by atoms with E-state index in [2.05, 4.69) is 55.4 Å². The molecular weight excluding hydrogens is 400 g/mol. The molecule has 0 bridgehead atoms. The Bertz CT molecular complexity index is 460. The molecule has 0 N–H and O–H groups in total. The number of rotatable bonds is 19. The Kier molecular flexibility index (Phi) is 16.0. The molecule has 0 rings (SSSR count). The van der Waals surface area contributed by atoms with Crippen LogP contribution in [0.4, 0.5) is 0 Å². The second-order valence-corrected chi connectivity index (χ2v) is 12.2. The first-order valence-corrected chi connectivity index (χ1v) is 13.1. The lowest BCUT2D eigenvalue weighted by molar-refractivity contribution is -0.148. The summed E-state index contributed by atoms with van der Waals surface area (Å²) < 4.78 is 10.9. The highest BCUT2D eigenvalue weighted by atomic mass is 16.5. The van der Waals surface area contributed by atoms with Crippen molar-refractivity contribution in [2.45, 2.75) is 132 Å². The minimum absolute atomic E-state index is 0.0543. The van der Waals surface area contributed by atoms with E-state index in [0.29, 0.717) is 37.9 Å². The van der Waals surface area contributed by atoms with Gasteiger partial charge in [0.15, 0.2) is 0 Å². The Morgan fingerprint density at radius 3 is 1.12 bits per heavy atom. The van der Waals surface area contributed by atoms with Gasteiger partial charge in [-0.05, 0) is 48.3 Å². The fourth-order valence-corrected chi connectivity index (χ4v) is 4.62. The van der Waals surface area contributed by atoms with Crippen molar-refractivity contribution in [3.05, 3.63) is 0 Å². The van der Waals surface area contributed by atoms with Crippen LogP contribution in [-0.2, 0) is 19.1 Å². The van der Waals surface area contributed by atoms with Crippen molar-refractivity contribution in [3.8, 4) is 0 Å². The summed E-state index contributed by atoms with van der Waals surface area (Å²) in [7, 11) is 0. The van der Waals surface area contributed by atoms with Gasteiger partial charge in [-0.3, -0.25) is 9.59 Å². The van der Waals surface area contributed by atoms with E-state index in [1.165, 1.54) is 25.7 Å². The van der Waals surface area contributed by atoms with Crippen LogP contribution in [0.3, 0.4) is 0 Å². The molecule has 0 saturated heterocycles. The summed E-state index contributed by atoms with van der Waals surface area (Å²) in [5, 5.41) is 0. The second kappa shape index (κ2) is 16.5. The van der Waals surface area contributed by atoms with E-state index in [4.69, 9.17) is 9.47 Å². The van der Waals surface area contributed by atoms with E-state index >= 15 is 0 Å². The highest BCUT2D eigenvalue weighted by Crippen LogP contribution is 2.26. The molecule has 190 valence electrons. The molecule has 4 heteroatoms. The van der Waals surface area contributed by atoms with Gasteiger partial charge in [-0.1, -0.05) is 93.9 Å². The van der Waals surface area contributed by atoms with Crippen LogP contribution in [0.2, 0.25) is 0 Å². The number of unbranched alkanes of at least 4 members (excludes halogenated alkanes) is 7. The molecule has 0 aromatic heterocycles. The van der Waals surface area contributed by atoms with E-state index in [9.17, 15) is 9.59 Å². The minimum atomic E-state index is -0.0543. The Balaban J connectivity index is 3.57. The highest BCUT2D eigenvalue weighted by molar-refractivity contribution is 5.69. The van der Waals surface area contributed by atoms with Gasteiger partial charge in [0.1, 0.15) is 0 Å². The van der Waals surface area contributed by atoms with E-state index in [1.54, 1.807) is 0 Å². The highest BCUT2D eigenvalue weighted by Gasteiger charge is 2.22. The maximum atomic E-state index is 11.9. The van der Waals surface area contributed by atoms with E-state index in [-0.39, 0.29) is 22.8 Å². The molecule has 0 aliphatic heterocycles. The van der Waals surface area contributed by atoms with Crippen LogP contribution in [0.5, 0.6) is 0 Å². The average molecular weight is 455 g/mol. The number of esters is 2. The normalized spacial score (nSPS) is 12.4. The van der Waals surface area contributed by atoms with Crippen LogP contribution in [0, 0.1) is 22.7 Å². The van der Waals surface area contributed by atoms with Gasteiger partial charge in [0.2, 0.25) is 0 Å². The number of carbonyl (C=O) groups is 2. The molecule has 0 radical (unpaired) electrons. The third kappa shape index (κ3) is 19.6. The summed E-state index contributed by atoms with van der Waals surface area (Å²) in [5.74, 6) is 1.12. The van der Waals surface area contributed by atoms with Crippen molar-refractivity contribution < 1.29 is 19.1 Å². The fourth-order valence-electron chi connectivity index (χ4n) is 4.62. The summed E-state index contributed by atoms with van der Waals surface area (Å²) >= 11 is 0. The maximum absolute atomic E-state index is 11.9. The predicted molar refractivity (Wildman–Crippen MR) is 135 cm³/mol. The van der Waals surface area contributed by atoms with Crippen LogP contribution in [-0.4, -0.2) is 25.2 Å². The van der Waals surface area contributed by atoms with Crippen LogP contribution < -0.4 is 0 Å². The van der Waals surface area contributed by atoms with Crippen LogP contribution in [0.15, 0.2) is 0 Å². The van der Waals surface area contributed by atoms with Crippen molar-refractivity contribution in [2.75, 3.05) is 13.2 Å². The molecule has 0 aromatic rings. The first-order valence-electron chi connectivity index (χ1n) is 13.1. The van der Waals surface area contributed by atoms with Crippen LogP contribution in [0.25, 0.3) is 0 Å². The maximum Gasteiger partial charge on any atom is 0.305 e. The van der Waals surface area contributed by atoms with Crippen LogP contribution >= 0.6 is 0 Å². The molecule has 0 saturated carbocycles. The number of ether oxygens (including phenoxy) is 2. The van der Waals surface area contributed by atoms with Gasteiger partial charge in [-0.25, -0.2) is 0 Å². The lowest BCUT2D eigenvalue weighted by Crippen LogP contribution is -2.23. The summed E-state index contributed by atoms with van der Waals surface area (Å²) in [6, 6.07) is 0. The number of hydrogen-bond donors (Lipinski definition) is 0. The Morgan fingerprint density at radius 2 is 0.844 bits per heavy atom. The summed E-state index contributed by atoms with van der Waals surface area (Å²) in [5.41, 5.74) is 0.121. The van der Waals surface area contributed by atoms with E-state index in [1.807, 2.05) is 0 Å². The molecule has 0 spiro atoms. The molecule has 0 unspecified atom stereocenters. The van der Waals surface area contributed by atoms with E-state index in [0.717, 1.165) is 38.5 Å². The zero-order valence-electron chi connectivity index (χ0n) is 22.7. The quantitative estimate of drug-likeness (QED) is 0.146. The largest absolute Gasteiger partial charge is 0.465 e. The summed E-state index contributed by atoms with van der Waals surface area (Å²) in [6.07, 6.45) is 11.9. The predicted octanol–water partition coefficient (Wildman–Crippen LogP) is 8.12. The Labute approximate surface area is 199 Å². The fraction of sp³-hybridized carbons (Fsp3) is 0.929. The first-order chi connectivity index (χ1) is 14.8. The van der Waals surface area contributed by atoms with Crippen molar-refractivity contribution in [2.24, 2.45) is 22.7 Å². The standard InChI is InChI=1S/C28H54O4/c1-23(2)19-27(5,6)21-31-25(29)17-15-13-11-9-10-12-14-16-18-26(30)32-22-28(7,8)20-24(3)4/h23-24H,9-22H2,1-8H3. The number of hydrogen-bond acceptors (Lipinski definition) is 4. The first kappa shape index (κ1) is 30.9. The topological polar surface area (TPSA) is 52.6 Å². The third-order valence-electron chi connectivity index (χ3n) is 5.68. The molecule has 0 aromatic carbocycles. The lowest BCUT2D eigenvalue weighted by Gasteiger charge is -2.26. The van der Waals surface area contributed by atoms with Crippen molar-refractivity contribution in [3.63, 3.8) is 0 Å². The second-order valence-electron chi connectivity index (χ2n) is 12.2. The summed E-state index contributed by atoms with van der Waals surface area (Å²) in [6.45, 7) is 18.5. The van der Waals surface area contributed by atoms with Crippen molar-refractivity contribution >= 4 is 11.9 Å². The van der Waals surface area contributed by atoms with Gasteiger partial charge in [0.05, 0.1) is 13.2 Å². The van der Waals surface area contributed by atoms with Crippen LogP contribution in [0.1, 0.15) is 132 Å². The SMILES string of the molecule is CC(C)CC(C)(C)COC(=O)CCCCCCCCCCC(=O)OCC(C)(C)CC(C)C. The van der Waals surface area contributed by atoms with Gasteiger partial charge in [0, 0.05) is 12.8 Å². The van der Waals surface area contributed by atoms with Gasteiger partial charge in [-0.2, -0.15) is 0 Å². The Morgan fingerprint density at radius 1 is 0.562 bits per heavy atom. The van der Waals surface area contributed by atoms with Gasteiger partial charge in [-0.15, -0.1) is 0 Å². The third-order valence-corrected chi connectivity index (χ3v) is 5.68. The molecule has 4 nitrogen and oxygen atoms in total. The lowest BCUT2D eigenvalue weighted by atomic mass is 9.85. The zero-order valence-corrected chi connectivity index (χ0v) is 22.7. The molecular formula is C28H54O4. The Hall–Kier alpha value is -1.06. The molecule has 0 amide bonds. The van der Waals surface area contributed by atoms with Gasteiger partial charge in [0.25, 0.3) is 0 Å². The molecule has 0 aliphatic rings. The smallest absolute Gasteiger partial charge is 0.305 e. The van der Waals surface area contributed by atoms with Gasteiger partial charge >= 0.3 is 11.9 Å². The van der Waals surface area contributed by atoms with E-state index < -0.39 is 0 Å².